The van der Waals surface area contributed by atoms with Crippen molar-refractivity contribution in [2.24, 2.45) is 5.92 Å². The van der Waals surface area contributed by atoms with E-state index in [1.807, 2.05) is 0 Å². The monoisotopic (exact) mass is 833 g/mol. The average molecular weight is 834 g/mol. The number of nitro groups is 2. The van der Waals surface area contributed by atoms with Crippen molar-refractivity contribution in [2.75, 3.05) is 26.9 Å². The highest BCUT2D eigenvalue weighted by Crippen LogP contribution is 2.55. The van der Waals surface area contributed by atoms with Crippen molar-refractivity contribution in [3.8, 4) is 6.01 Å². The average Bonchev–Trinajstić information content (AvgIpc) is 3.18. The number of nitro benzene ring substituents is 2. The molecule has 0 saturated carbocycles. The molecule has 20 nitrogen and oxygen atoms in total. The number of ether oxygens (including phenoxy) is 4. The number of esters is 1. The summed E-state index contributed by atoms with van der Waals surface area (Å²) in [5.41, 5.74) is 0.0283. The minimum Gasteiger partial charge on any atom is -0.467 e. The number of likely N-dealkylation sites (tertiary alicyclic amines) is 1. The first-order valence-electron chi connectivity index (χ1n) is 17.3. The molecule has 3 atom stereocenters. The van der Waals surface area contributed by atoms with Crippen LogP contribution in [0.5, 0.6) is 6.01 Å². The lowest BCUT2D eigenvalue weighted by Gasteiger charge is -2.49. The highest BCUT2D eigenvalue weighted by Gasteiger charge is 2.57. The summed E-state index contributed by atoms with van der Waals surface area (Å²) >= 11 is 0.759. The second-order valence-corrected chi connectivity index (χ2v) is 15.1. The zero-order valence-corrected chi connectivity index (χ0v) is 33.2. The second kappa shape index (κ2) is 20.6. The maximum Gasteiger partial charge on any atom is 0.508 e. The zero-order chi connectivity index (χ0) is 41.7. The molecule has 1 fully saturated rings. The molecule has 1 aliphatic rings. The Labute approximate surface area is 330 Å². The number of benzene rings is 2. The normalized spacial score (nSPS) is 15.5. The van der Waals surface area contributed by atoms with Crippen LogP contribution >= 0.6 is 19.3 Å². The number of β-lactam (4-membered cyclic amide) rings is 1. The van der Waals surface area contributed by atoms with Crippen LogP contribution in [-0.4, -0.2) is 92.4 Å². The number of rotatable bonds is 20. The van der Waals surface area contributed by atoms with Gasteiger partial charge < -0.3 is 32.5 Å². The van der Waals surface area contributed by atoms with Gasteiger partial charge in [0.05, 0.1) is 53.6 Å². The van der Waals surface area contributed by atoms with Gasteiger partial charge >= 0.3 is 18.1 Å². The minimum absolute atomic E-state index is 0.0323. The Balaban J connectivity index is 1.68. The summed E-state index contributed by atoms with van der Waals surface area (Å²) in [4.78, 5) is 85.4. The van der Waals surface area contributed by atoms with Gasteiger partial charge in [0.1, 0.15) is 19.3 Å². The van der Waals surface area contributed by atoms with Gasteiger partial charge in [0, 0.05) is 43.1 Å². The number of aromatic nitrogens is 2. The van der Waals surface area contributed by atoms with Crippen molar-refractivity contribution in [2.45, 2.75) is 64.4 Å². The first kappa shape index (κ1) is 44.2. The molecular weight excluding hydrogens is 793 g/mol. The Bertz CT molecular complexity index is 1960. The van der Waals surface area contributed by atoms with Crippen molar-refractivity contribution in [3.63, 3.8) is 0 Å². The lowest BCUT2D eigenvalue weighted by molar-refractivity contribution is -0.385. The molecule has 0 N–H and O–H groups in total. The van der Waals surface area contributed by atoms with Gasteiger partial charge in [-0.3, -0.25) is 34.7 Å². The lowest BCUT2D eigenvalue weighted by Crippen LogP contribution is -2.68. The fraction of sp³-hybridized carbons (Fsp3) is 0.400. The maximum absolute atomic E-state index is 14.3. The van der Waals surface area contributed by atoms with Crippen LogP contribution in [0.4, 0.5) is 16.2 Å². The number of hydrogen-bond acceptors (Lipinski definition) is 18. The Kier molecular flexibility index (Phi) is 16.0. The van der Waals surface area contributed by atoms with E-state index in [9.17, 15) is 39.4 Å². The molecule has 57 heavy (non-hydrogen) atoms. The summed E-state index contributed by atoms with van der Waals surface area (Å²) < 4.78 is 39.4. The van der Waals surface area contributed by atoms with Gasteiger partial charge in [0.2, 0.25) is 11.3 Å². The molecule has 1 aromatic heterocycles. The summed E-state index contributed by atoms with van der Waals surface area (Å²) in [7, 11) is -2.55. The third-order valence-electron chi connectivity index (χ3n) is 8.04. The molecule has 0 aliphatic carbocycles. The van der Waals surface area contributed by atoms with Gasteiger partial charge in [-0.1, -0.05) is 0 Å². The van der Waals surface area contributed by atoms with Gasteiger partial charge in [0.15, 0.2) is 5.12 Å². The van der Waals surface area contributed by atoms with Gasteiger partial charge in [-0.25, -0.2) is 19.6 Å². The molecule has 0 spiro atoms. The van der Waals surface area contributed by atoms with Crippen molar-refractivity contribution >= 4 is 59.3 Å². The number of amides is 1. The quantitative estimate of drug-likeness (QED) is 0.0334. The van der Waals surface area contributed by atoms with Gasteiger partial charge in [-0.05, 0) is 74.8 Å². The third kappa shape index (κ3) is 11.3. The van der Waals surface area contributed by atoms with E-state index in [2.05, 4.69) is 9.97 Å². The molecule has 3 unspecified atom stereocenters. The highest BCUT2D eigenvalue weighted by molar-refractivity contribution is 8.13. The molecule has 3 aromatic rings. The van der Waals surface area contributed by atoms with Crippen LogP contribution in [0.25, 0.3) is 0 Å². The standard InChI is InChI=1S/C35H40N5O15PS/c1-6-52-56(53-7-2,54-8-3)32(33(43)50-20-23-9-13-25(14-10-23)39(45)46)38-28(17-29(41)57-27-18-36-34(49-5)37-19-27)30(31(38)42)22(4)55-35(44)51-21-24-11-15-26(16-12-24)40(47)48/h9-16,18-19,22,28,30H,6-8,17,20-21H2,1-5H3. The van der Waals surface area contributed by atoms with Crippen LogP contribution < -0.4 is 4.74 Å². The molecule has 306 valence electrons. The van der Waals surface area contributed by atoms with Crippen LogP contribution in [0.2, 0.25) is 0 Å². The van der Waals surface area contributed by atoms with Gasteiger partial charge in [-0.2, -0.15) is 0 Å². The summed E-state index contributed by atoms with van der Waals surface area (Å²) in [5.74, 6) is -3.06. The number of methoxy groups -OCH3 is 1. The smallest absolute Gasteiger partial charge is 0.467 e. The molecule has 2 aromatic carbocycles. The van der Waals surface area contributed by atoms with Crippen molar-refractivity contribution in [1.82, 2.24) is 14.9 Å². The van der Waals surface area contributed by atoms with E-state index >= 15 is 0 Å². The predicted molar refractivity (Wildman–Crippen MR) is 202 cm³/mol. The van der Waals surface area contributed by atoms with Crippen LogP contribution in [0.1, 0.15) is 45.2 Å². The molecule has 1 saturated heterocycles. The number of carbonyl (C=O) groups excluding carboxylic acids is 4. The summed E-state index contributed by atoms with van der Waals surface area (Å²) in [5, 5.41) is 21.6. The summed E-state index contributed by atoms with van der Waals surface area (Å²) in [6.07, 6.45) is -0.0616. The Hall–Kier alpha value is -5.47. The number of hydrogen-bond donors (Lipinski definition) is 0. The van der Waals surface area contributed by atoms with Gasteiger partial charge in [-0.15, -0.1) is 0 Å². The Morgan fingerprint density at radius 1 is 0.842 bits per heavy atom. The van der Waals surface area contributed by atoms with E-state index in [0.717, 1.165) is 16.7 Å². The Morgan fingerprint density at radius 2 is 1.33 bits per heavy atom. The van der Waals surface area contributed by atoms with Crippen molar-refractivity contribution < 1.29 is 61.5 Å². The first-order valence-corrected chi connectivity index (χ1v) is 19.7. The van der Waals surface area contributed by atoms with Crippen molar-refractivity contribution in [3.05, 3.63) is 92.3 Å². The predicted octanol–water partition coefficient (Wildman–Crippen LogP) is 5.62. The lowest BCUT2D eigenvalue weighted by atomic mass is 9.81. The van der Waals surface area contributed by atoms with Gasteiger partial charge in [0.25, 0.3) is 18.9 Å². The number of thioether (sulfide) groups is 1. The fourth-order valence-corrected chi connectivity index (χ4v) is 8.69. The van der Waals surface area contributed by atoms with E-state index in [1.165, 1.54) is 75.0 Å². The van der Waals surface area contributed by atoms with Crippen LogP contribution in [0.15, 0.2) is 65.8 Å². The molecule has 1 aliphatic heterocycles. The van der Waals surface area contributed by atoms with Crippen LogP contribution in [0.3, 0.4) is 0 Å². The molecule has 4 rings (SSSR count). The van der Waals surface area contributed by atoms with Crippen LogP contribution in [0, 0.1) is 26.1 Å². The minimum atomic E-state index is -3.93. The third-order valence-corrected chi connectivity index (χ3v) is 11.6. The molecule has 0 bridgehead atoms. The maximum atomic E-state index is 14.3. The van der Waals surface area contributed by atoms with Crippen molar-refractivity contribution in [1.29, 1.82) is 0 Å². The largest absolute Gasteiger partial charge is 0.508 e. The molecule has 1 amide bonds. The second-order valence-electron chi connectivity index (χ2n) is 11.7. The van der Waals surface area contributed by atoms with Crippen LogP contribution in [-0.2, 0) is 55.4 Å². The molecule has 22 heteroatoms. The molecule has 2 heterocycles. The zero-order valence-electron chi connectivity index (χ0n) is 31.5. The van der Waals surface area contributed by atoms with E-state index < -0.39 is 70.5 Å². The molecule has 0 radical (unpaired) electrons. The van der Waals surface area contributed by atoms with E-state index in [1.54, 1.807) is 20.8 Å². The fourth-order valence-electron chi connectivity index (χ4n) is 5.56. The first-order chi connectivity index (χ1) is 27.3. The van der Waals surface area contributed by atoms with E-state index in [0.29, 0.717) is 16.0 Å². The molecular formula is C35H40N5O15PS. The van der Waals surface area contributed by atoms with E-state index in [-0.39, 0.29) is 50.4 Å². The SMILES string of the molecule is CCOP(OCC)(OCC)=C(C(=O)OCc1ccc([N+](=O)[O-])cc1)N1C(=O)C(C(C)OC(=O)OCc2ccc([N+](=O)[O-])cc2)C1CC(=O)Sc1cnc(OC)nc1. The van der Waals surface area contributed by atoms with E-state index in [4.69, 9.17) is 32.5 Å². The number of non-ortho nitro benzene ring substituents is 2. The topological polar surface area (TPSA) is 248 Å². The summed E-state index contributed by atoms with van der Waals surface area (Å²) in [6.45, 7) is 5.50. The Morgan fingerprint density at radius 3 is 1.79 bits per heavy atom. The summed E-state index contributed by atoms with van der Waals surface area (Å²) in [6, 6.07) is 9.47. The number of nitrogens with zero attached hydrogens (tertiary/aromatic N) is 5. The highest BCUT2D eigenvalue weighted by atomic mass is 32.2. The number of carbonyl (C=O) groups is 4.